The van der Waals surface area contributed by atoms with Gasteiger partial charge in [0.1, 0.15) is 0 Å². The summed E-state index contributed by atoms with van der Waals surface area (Å²) in [5.41, 5.74) is 5.28. The SMILES string of the molecule is N#CC1(CN)CCNCC1. The first-order valence-electron chi connectivity index (χ1n) is 3.65. The Morgan fingerprint density at radius 2 is 2.10 bits per heavy atom. The zero-order valence-electron chi connectivity index (χ0n) is 6.06. The van der Waals surface area contributed by atoms with Gasteiger partial charge in [0, 0.05) is 6.54 Å². The van der Waals surface area contributed by atoms with Crippen molar-refractivity contribution in [1.29, 1.82) is 5.26 Å². The predicted octanol–water partition coefficient (Wildman–Crippen LogP) is -0.162. The van der Waals surface area contributed by atoms with Gasteiger partial charge in [-0.3, -0.25) is 0 Å². The van der Waals surface area contributed by atoms with Crippen molar-refractivity contribution in [1.82, 2.24) is 5.32 Å². The van der Waals surface area contributed by atoms with Gasteiger partial charge in [0.05, 0.1) is 11.5 Å². The molecule has 0 aliphatic carbocycles. The van der Waals surface area contributed by atoms with Crippen LogP contribution in [0.5, 0.6) is 0 Å². The number of rotatable bonds is 1. The van der Waals surface area contributed by atoms with Crippen LogP contribution in [0.15, 0.2) is 0 Å². The second-order valence-electron chi connectivity index (χ2n) is 2.85. The van der Waals surface area contributed by atoms with E-state index in [0.717, 1.165) is 25.9 Å². The summed E-state index contributed by atoms with van der Waals surface area (Å²) >= 11 is 0. The van der Waals surface area contributed by atoms with Crippen molar-refractivity contribution in [3.8, 4) is 6.07 Å². The molecule has 3 N–H and O–H groups in total. The van der Waals surface area contributed by atoms with Crippen LogP contribution in [0.3, 0.4) is 0 Å². The Balaban J connectivity index is 2.55. The van der Waals surface area contributed by atoms with E-state index in [1.54, 1.807) is 0 Å². The van der Waals surface area contributed by atoms with Gasteiger partial charge in [0.2, 0.25) is 0 Å². The Morgan fingerprint density at radius 3 is 2.40 bits per heavy atom. The summed E-state index contributed by atoms with van der Waals surface area (Å²) in [6.45, 7) is 2.38. The van der Waals surface area contributed by atoms with Gasteiger partial charge in [0.25, 0.3) is 0 Å². The van der Waals surface area contributed by atoms with Crippen molar-refractivity contribution in [2.24, 2.45) is 11.1 Å². The lowest BCUT2D eigenvalue weighted by Crippen LogP contribution is -2.40. The molecule has 0 amide bonds. The third kappa shape index (κ3) is 1.28. The second-order valence-corrected chi connectivity index (χ2v) is 2.85. The van der Waals surface area contributed by atoms with Crippen molar-refractivity contribution in [3.05, 3.63) is 0 Å². The summed E-state index contributed by atoms with van der Waals surface area (Å²) < 4.78 is 0. The maximum absolute atomic E-state index is 8.78. The Kier molecular flexibility index (Phi) is 2.25. The first kappa shape index (κ1) is 7.52. The first-order chi connectivity index (χ1) is 4.83. The van der Waals surface area contributed by atoms with E-state index < -0.39 is 0 Å². The molecule has 0 bridgehead atoms. The Labute approximate surface area is 61.2 Å². The number of piperidine rings is 1. The van der Waals surface area contributed by atoms with E-state index in [0.29, 0.717) is 6.54 Å². The fraction of sp³-hybridized carbons (Fsp3) is 0.857. The van der Waals surface area contributed by atoms with Crippen molar-refractivity contribution in [3.63, 3.8) is 0 Å². The number of nitrogens with two attached hydrogens (primary N) is 1. The number of nitrogens with one attached hydrogen (secondary N) is 1. The van der Waals surface area contributed by atoms with Crippen LogP contribution in [0.1, 0.15) is 12.8 Å². The van der Waals surface area contributed by atoms with E-state index in [2.05, 4.69) is 11.4 Å². The van der Waals surface area contributed by atoms with E-state index in [-0.39, 0.29) is 5.41 Å². The fourth-order valence-electron chi connectivity index (χ4n) is 1.27. The van der Waals surface area contributed by atoms with E-state index in [4.69, 9.17) is 11.0 Å². The molecule has 56 valence electrons. The van der Waals surface area contributed by atoms with Gasteiger partial charge in [-0.15, -0.1) is 0 Å². The van der Waals surface area contributed by atoms with Gasteiger partial charge in [-0.1, -0.05) is 0 Å². The summed E-state index contributed by atoms with van der Waals surface area (Å²) in [7, 11) is 0. The van der Waals surface area contributed by atoms with Crippen LogP contribution in [-0.2, 0) is 0 Å². The molecule has 0 radical (unpaired) electrons. The van der Waals surface area contributed by atoms with Gasteiger partial charge in [-0.05, 0) is 25.9 Å². The molecule has 3 heteroatoms. The number of nitrogens with zero attached hydrogens (tertiary/aromatic N) is 1. The lowest BCUT2D eigenvalue weighted by molar-refractivity contribution is 0.291. The quantitative estimate of drug-likeness (QED) is 0.530. The summed E-state index contributed by atoms with van der Waals surface area (Å²) in [5.74, 6) is 0. The molecule has 1 fully saturated rings. The molecular formula is C7H13N3. The van der Waals surface area contributed by atoms with Crippen LogP contribution in [0.4, 0.5) is 0 Å². The zero-order valence-corrected chi connectivity index (χ0v) is 6.06. The molecule has 0 aromatic rings. The Morgan fingerprint density at radius 1 is 1.50 bits per heavy atom. The highest BCUT2D eigenvalue weighted by atomic mass is 14.9. The molecule has 1 aliphatic rings. The minimum Gasteiger partial charge on any atom is -0.329 e. The lowest BCUT2D eigenvalue weighted by atomic mass is 9.81. The largest absolute Gasteiger partial charge is 0.329 e. The number of hydrogen-bond acceptors (Lipinski definition) is 3. The molecule has 10 heavy (non-hydrogen) atoms. The first-order valence-corrected chi connectivity index (χ1v) is 3.65. The minimum atomic E-state index is -0.217. The third-order valence-electron chi connectivity index (χ3n) is 2.19. The van der Waals surface area contributed by atoms with Crippen LogP contribution in [0, 0.1) is 16.7 Å². The normalized spacial score (nSPS) is 23.6. The van der Waals surface area contributed by atoms with E-state index in [1.165, 1.54) is 0 Å². The summed E-state index contributed by atoms with van der Waals surface area (Å²) in [6.07, 6.45) is 1.81. The van der Waals surface area contributed by atoms with Crippen LogP contribution in [0.2, 0.25) is 0 Å². The maximum atomic E-state index is 8.78. The smallest absolute Gasteiger partial charge is 0.0720 e. The second kappa shape index (κ2) is 3.00. The highest BCUT2D eigenvalue weighted by Gasteiger charge is 2.29. The molecule has 3 nitrogen and oxygen atoms in total. The summed E-state index contributed by atoms with van der Waals surface area (Å²) in [6, 6.07) is 2.30. The van der Waals surface area contributed by atoms with E-state index in [9.17, 15) is 0 Å². The average Bonchev–Trinajstić information content (AvgIpc) is 2.06. The van der Waals surface area contributed by atoms with Gasteiger partial charge in [0.15, 0.2) is 0 Å². The molecule has 0 saturated carbocycles. The van der Waals surface area contributed by atoms with Gasteiger partial charge in [-0.2, -0.15) is 5.26 Å². The van der Waals surface area contributed by atoms with Crippen molar-refractivity contribution < 1.29 is 0 Å². The monoisotopic (exact) mass is 139 g/mol. The Hall–Kier alpha value is -0.590. The van der Waals surface area contributed by atoms with Crippen molar-refractivity contribution in [2.75, 3.05) is 19.6 Å². The number of hydrogen-bond donors (Lipinski definition) is 2. The lowest BCUT2D eigenvalue weighted by Gasteiger charge is -2.29. The van der Waals surface area contributed by atoms with Crippen molar-refractivity contribution >= 4 is 0 Å². The maximum Gasteiger partial charge on any atom is 0.0720 e. The standard InChI is InChI=1S/C7H13N3/c8-5-7(6-9)1-3-10-4-2-7/h10H,1-5,8H2. The summed E-state index contributed by atoms with van der Waals surface area (Å²) in [5, 5.41) is 12.0. The Bertz CT molecular complexity index is 141. The topological polar surface area (TPSA) is 61.8 Å². The van der Waals surface area contributed by atoms with Crippen LogP contribution in [-0.4, -0.2) is 19.6 Å². The molecular weight excluding hydrogens is 126 g/mol. The van der Waals surface area contributed by atoms with Gasteiger partial charge in [-0.25, -0.2) is 0 Å². The third-order valence-corrected chi connectivity index (χ3v) is 2.19. The van der Waals surface area contributed by atoms with Gasteiger partial charge < -0.3 is 11.1 Å². The molecule has 0 atom stereocenters. The molecule has 1 aliphatic heterocycles. The minimum absolute atomic E-state index is 0.217. The van der Waals surface area contributed by atoms with Crippen LogP contribution >= 0.6 is 0 Å². The highest BCUT2D eigenvalue weighted by Crippen LogP contribution is 2.25. The zero-order chi connectivity index (χ0) is 7.45. The van der Waals surface area contributed by atoms with Crippen molar-refractivity contribution in [2.45, 2.75) is 12.8 Å². The highest BCUT2D eigenvalue weighted by molar-refractivity contribution is 5.02. The molecule has 0 spiro atoms. The molecule has 0 aromatic carbocycles. The average molecular weight is 139 g/mol. The van der Waals surface area contributed by atoms with E-state index in [1.807, 2.05) is 0 Å². The molecule has 0 aromatic heterocycles. The molecule has 1 heterocycles. The van der Waals surface area contributed by atoms with E-state index >= 15 is 0 Å². The van der Waals surface area contributed by atoms with Crippen LogP contribution < -0.4 is 11.1 Å². The van der Waals surface area contributed by atoms with Gasteiger partial charge >= 0.3 is 0 Å². The van der Waals surface area contributed by atoms with Crippen LogP contribution in [0.25, 0.3) is 0 Å². The molecule has 1 rings (SSSR count). The molecule has 0 unspecified atom stereocenters. The predicted molar refractivity (Wildman–Crippen MR) is 39.2 cm³/mol. The molecule has 1 saturated heterocycles. The summed E-state index contributed by atoms with van der Waals surface area (Å²) in [4.78, 5) is 0. The fourth-order valence-corrected chi connectivity index (χ4v) is 1.27. The number of nitriles is 1.